The Balaban J connectivity index is 0.966. The lowest BCUT2D eigenvalue weighted by Gasteiger charge is -2.30. The van der Waals surface area contributed by atoms with Gasteiger partial charge in [0, 0.05) is 43.9 Å². The number of hydrogen-bond donors (Lipinski definition) is 2. The zero-order chi connectivity index (χ0) is 28.3. The van der Waals surface area contributed by atoms with E-state index in [9.17, 15) is 14.4 Å². The van der Waals surface area contributed by atoms with Crippen LogP contribution in [0.5, 0.6) is 0 Å². The largest absolute Gasteiger partial charge is 0.481 e. The number of nitrogens with one attached hydrogen (secondary N) is 1. The molecular formula is C33H35N3O5. The Kier molecular flexibility index (Phi) is 7.74. The molecule has 2 heterocycles. The van der Waals surface area contributed by atoms with Crippen LogP contribution < -0.4 is 5.32 Å². The highest BCUT2D eigenvalue weighted by Crippen LogP contribution is 2.39. The number of ether oxygens (including phenoxy) is 1. The summed E-state index contributed by atoms with van der Waals surface area (Å²) in [7, 11) is 0. The third-order valence-electron chi connectivity index (χ3n) is 8.69. The van der Waals surface area contributed by atoms with Crippen LogP contribution in [-0.2, 0) is 22.4 Å². The van der Waals surface area contributed by atoms with Crippen molar-refractivity contribution in [3.63, 3.8) is 0 Å². The number of para-hydroxylation sites is 1. The van der Waals surface area contributed by atoms with Gasteiger partial charge in [-0.05, 0) is 59.9 Å². The summed E-state index contributed by atoms with van der Waals surface area (Å²) in [5.74, 6) is 0.153. The summed E-state index contributed by atoms with van der Waals surface area (Å²) in [6.45, 7) is 4.08. The van der Waals surface area contributed by atoms with Gasteiger partial charge in [0.2, 0.25) is 0 Å². The fourth-order valence-corrected chi connectivity index (χ4v) is 6.72. The van der Waals surface area contributed by atoms with Crippen LogP contribution in [0.2, 0.25) is 0 Å². The van der Waals surface area contributed by atoms with E-state index in [1.807, 2.05) is 65.6 Å². The number of anilines is 1. The van der Waals surface area contributed by atoms with Gasteiger partial charge in [-0.25, -0.2) is 4.79 Å². The van der Waals surface area contributed by atoms with Gasteiger partial charge < -0.3 is 19.6 Å². The first-order chi connectivity index (χ1) is 19.9. The van der Waals surface area contributed by atoms with Crippen LogP contribution in [-0.4, -0.2) is 71.7 Å². The van der Waals surface area contributed by atoms with Crippen LogP contribution in [0.3, 0.4) is 0 Å². The molecule has 2 N–H and O–H groups in total. The van der Waals surface area contributed by atoms with E-state index in [4.69, 9.17) is 9.84 Å². The fraction of sp³-hybridized carbons (Fsp3) is 0.364. The van der Waals surface area contributed by atoms with E-state index in [0.717, 1.165) is 66.8 Å². The molecule has 2 aliphatic heterocycles. The highest BCUT2D eigenvalue weighted by atomic mass is 16.6. The minimum Gasteiger partial charge on any atom is -0.481 e. The van der Waals surface area contributed by atoms with E-state index < -0.39 is 12.1 Å². The number of fused-ring (bicyclic) bond motifs is 2. The van der Waals surface area contributed by atoms with Gasteiger partial charge >= 0.3 is 12.1 Å². The molecule has 8 nitrogen and oxygen atoms in total. The molecule has 2 fully saturated rings. The zero-order valence-corrected chi connectivity index (χ0v) is 23.0. The first kappa shape index (κ1) is 27.0. The molecule has 8 heteroatoms. The quantitative estimate of drug-likeness (QED) is 0.410. The zero-order valence-electron chi connectivity index (χ0n) is 23.0. The number of rotatable bonds is 8. The van der Waals surface area contributed by atoms with Crippen molar-refractivity contribution in [1.29, 1.82) is 0 Å². The van der Waals surface area contributed by atoms with Crippen LogP contribution in [0, 0.1) is 11.8 Å². The van der Waals surface area contributed by atoms with E-state index in [1.165, 1.54) is 0 Å². The van der Waals surface area contributed by atoms with E-state index in [2.05, 4.69) is 10.2 Å². The summed E-state index contributed by atoms with van der Waals surface area (Å²) in [6.07, 6.45) is 1.96. The average molecular weight is 554 g/mol. The van der Waals surface area contributed by atoms with Crippen LogP contribution in [0.25, 0.3) is 11.1 Å². The number of carbonyl (C=O) groups is 3. The van der Waals surface area contributed by atoms with E-state index in [0.29, 0.717) is 30.5 Å². The third kappa shape index (κ3) is 6.12. The lowest BCUT2D eigenvalue weighted by Crippen LogP contribution is -2.42. The molecule has 1 saturated carbocycles. The van der Waals surface area contributed by atoms with Crippen molar-refractivity contribution in [2.45, 2.75) is 31.8 Å². The number of benzene rings is 3. The smallest absolute Gasteiger partial charge is 0.411 e. The molecule has 3 aromatic rings. The van der Waals surface area contributed by atoms with Crippen molar-refractivity contribution in [2.24, 2.45) is 11.8 Å². The second kappa shape index (κ2) is 11.7. The summed E-state index contributed by atoms with van der Waals surface area (Å²) < 4.78 is 5.86. The second-order valence-electron chi connectivity index (χ2n) is 11.4. The molecule has 0 unspecified atom stereocenters. The van der Waals surface area contributed by atoms with Gasteiger partial charge in [-0.2, -0.15) is 0 Å². The predicted molar refractivity (Wildman–Crippen MR) is 156 cm³/mol. The normalized spacial score (nSPS) is 21.8. The second-order valence-corrected chi connectivity index (χ2v) is 11.4. The maximum atomic E-state index is 13.1. The molecule has 2 amide bonds. The molecule has 3 aliphatic rings. The third-order valence-corrected chi connectivity index (χ3v) is 8.69. The number of carboxylic acid groups (broad SMARTS) is 1. The number of amides is 2. The van der Waals surface area contributed by atoms with Gasteiger partial charge in [0.25, 0.3) is 5.91 Å². The van der Waals surface area contributed by atoms with Crippen molar-refractivity contribution >= 4 is 23.7 Å². The lowest BCUT2D eigenvalue weighted by atomic mass is 9.95. The number of carboxylic acids is 1. The Bertz CT molecular complexity index is 1430. The molecule has 3 aromatic carbocycles. The minimum atomic E-state index is -0.866. The summed E-state index contributed by atoms with van der Waals surface area (Å²) in [6, 6.07) is 23.1. The Labute approximate surface area is 239 Å². The molecule has 3 atom stereocenters. The number of hydrogen-bond acceptors (Lipinski definition) is 5. The predicted octanol–water partition coefficient (Wildman–Crippen LogP) is 4.94. The van der Waals surface area contributed by atoms with Gasteiger partial charge in [-0.15, -0.1) is 0 Å². The molecule has 0 spiro atoms. The molecule has 0 aromatic heterocycles. The first-order valence-corrected chi connectivity index (χ1v) is 14.4. The van der Waals surface area contributed by atoms with Crippen molar-refractivity contribution in [2.75, 3.05) is 38.0 Å². The topological polar surface area (TPSA) is 99.2 Å². The number of aliphatic carboxylic acids is 1. The van der Waals surface area contributed by atoms with Crippen molar-refractivity contribution in [1.82, 2.24) is 9.80 Å². The maximum absolute atomic E-state index is 13.1. The Hall–Kier alpha value is -4.17. The van der Waals surface area contributed by atoms with Crippen LogP contribution in [0.1, 0.15) is 34.3 Å². The van der Waals surface area contributed by atoms with E-state index in [-0.39, 0.29) is 18.4 Å². The van der Waals surface area contributed by atoms with Crippen molar-refractivity contribution in [3.8, 4) is 11.1 Å². The van der Waals surface area contributed by atoms with Crippen molar-refractivity contribution < 1.29 is 24.2 Å². The molecule has 212 valence electrons. The maximum Gasteiger partial charge on any atom is 0.411 e. The van der Waals surface area contributed by atoms with Crippen LogP contribution >= 0.6 is 0 Å². The first-order valence-electron chi connectivity index (χ1n) is 14.4. The summed E-state index contributed by atoms with van der Waals surface area (Å²) in [5.41, 5.74) is 5.11. The highest BCUT2D eigenvalue weighted by Gasteiger charge is 2.42. The molecule has 0 radical (unpaired) electrons. The molecule has 41 heavy (non-hydrogen) atoms. The van der Waals surface area contributed by atoms with Crippen molar-refractivity contribution in [3.05, 3.63) is 89.5 Å². The number of likely N-dealkylation sites (tertiary alicyclic amines) is 1. The molecule has 1 aliphatic carbocycles. The lowest BCUT2D eigenvalue weighted by molar-refractivity contribution is -0.136. The standard InChI is InChI=1S/C33H35N3O5/c37-31(38)17-22-10-11-29-24(16-22)12-13-36(32(29)39)15-14-35-20-25-18-27(19-26(25)21-35)41-33(40)34-30-9-5-4-8-28(30)23-6-2-1-3-7-23/h1-11,16,25-27H,12-15,17-21H2,(H,34,40)(H,37,38)/t25-,26+,27+. The molecule has 6 rings (SSSR count). The summed E-state index contributed by atoms with van der Waals surface area (Å²) in [5, 5.41) is 12.0. The van der Waals surface area contributed by atoms with Gasteiger partial charge in [0.05, 0.1) is 12.1 Å². The Morgan fingerprint density at radius 2 is 1.63 bits per heavy atom. The minimum absolute atomic E-state index is 0.0265. The number of nitrogens with zero attached hydrogens (tertiary/aromatic N) is 2. The Morgan fingerprint density at radius 3 is 2.39 bits per heavy atom. The molecular weight excluding hydrogens is 518 g/mol. The molecule has 0 bridgehead atoms. The summed E-state index contributed by atoms with van der Waals surface area (Å²) in [4.78, 5) is 41.2. The van der Waals surface area contributed by atoms with Gasteiger partial charge in [0.1, 0.15) is 6.10 Å². The van der Waals surface area contributed by atoms with Crippen LogP contribution in [0.4, 0.5) is 10.5 Å². The SMILES string of the molecule is O=C(O)Cc1ccc2c(c1)CCN(CCN1C[C@H]3C[C@H](OC(=O)Nc4ccccc4-c4ccccc4)C[C@H]3C1)C2=O. The highest BCUT2D eigenvalue weighted by molar-refractivity contribution is 5.97. The van der Waals surface area contributed by atoms with E-state index in [1.54, 1.807) is 12.1 Å². The number of carbonyl (C=O) groups excluding carboxylic acids is 2. The van der Waals surface area contributed by atoms with Crippen LogP contribution in [0.15, 0.2) is 72.8 Å². The summed E-state index contributed by atoms with van der Waals surface area (Å²) >= 11 is 0. The monoisotopic (exact) mass is 553 g/mol. The van der Waals surface area contributed by atoms with Gasteiger partial charge in [0.15, 0.2) is 0 Å². The average Bonchev–Trinajstić information content (AvgIpc) is 3.51. The van der Waals surface area contributed by atoms with Gasteiger partial charge in [-0.1, -0.05) is 60.7 Å². The van der Waals surface area contributed by atoms with E-state index >= 15 is 0 Å². The fourth-order valence-electron chi connectivity index (χ4n) is 6.72. The Morgan fingerprint density at radius 1 is 0.902 bits per heavy atom. The van der Waals surface area contributed by atoms with Gasteiger partial charge in [-0.3, -0.25) is 14.9 Å². The molecule has 1 saturated heterocycles.